The van der Waals surface area contributed by atoms with Gasteiger partial charge in [-0.1, -0.05) is 66.7 Å². The van der Waals surface area contributed by atoms with Crippen molar-refractivity contribution in [3.05, 3.63) is 165 Å². The fourth-order valence-corrected chi connectivity index (χ4v) is 5.36. The molecule has 0 aliphatic heterocycles. The molecule has 3 heteroatoms. The van der Waals surface area contributed by atoms with Crippen molar-refractivity contribution in [2.45, 2.75) is 0 Å². The molecular formula is C39H27N3. The van der Waals surface area contributed by atoms with E-state index in [0.717, 1.165) is 55.6 Å². The first-order valence-corrected chi connectivity index (χ1v) is 14.0. The van der Waals surface area contributed by atoms with Crippen LogP contribution in [0.4, 0.5) is 0 Å². The van der Waals surface area contributed by atoms with E-state index in [1.807, 2.05) is 55.4 Å². The first kappa shape index (κ1) is 25.3. The van der Waals surface area contributed by atoms with E-state index in [1.165, 1.54) is 11.1 Å². The number of rotatable bonds is 6. The highest BCUT2D eigenvalue weighted by Gasteiger charge is 2.11. The molecule has 3 nitrogen and oxygen atoms in total. The van der Waals surface area contributed by atoms with E-state index >= 15 is 0 Å². The van der Waals surface area contributed by atoms with E-state index in [0.29, 0.717) is 0 Å². The van der Waals surface area contributed by atoms with Gasteiger partial charge in [0.15, 0.2) is 0 Å². The van der Waals surface area contributed by atoms with Gasteiger partial charge in [0.25, 0.3) is 0 Å². The average Bonchev–Trinajstić information content (AvgIpc) is 3.09. The van der Waals surface area contributed by atoms with Crippen LogP contribution in [-0.4, -0.2) is 15.0 Å². The van der Waals surface area contributed by atoms with Gasteiger partial charge in [0, 0.05) is 53.9 Å². The monoisotopic (exact) mass is 537 g/mol. The maximum atomic E-state index is 4.38. The molecule has 0 radical (unpaired) electrons. The Hall–Kier alpha value is -5.67. The zero-order chi connectivity index (χ0) is 28.1. The van der Waals surface area contributed by atoms with Crippen LogP contribution in [0.2, 0.25) is 0 Å². The third-order valence-electron chi connectivity index (χ3n) is 7.49. The van der Waals surface area contributed by atoms with Gasteiger partial charge >= 0.3 is 0 Å². The lowest BCUT2D eigenvalue weighted by Gasteiger charge is -2.14. The van der Waals surface area contributed by atoms with Gasteiger partial charge in [-0.15, -0.1) is 0 Å². The highest BCUT2D eigenvalue weighted by molar-refractivity contribution is 5.85. The Morgan fingerprint density at radius 3 is 0.929 bits per heavy atom. The molecule has 0 fully saturated rings. The second-order valence-electron chi connectivity index (χ2n) is 10.3. The molecule has 3 heterocycles. The maximum Gasteiger partial charge on any atom is 0.0346 e. The molecule has 4 aromatic carbocycles. The Morgan fingerprint density at radius 2 is 0.548 bits per heavy atom. The van der Waals surface area contributed by atoms with Crippen LogP contribution < -0.4 is 0 Å². The van der Waals surface area contributed by atoms with Crippen molar-refractivity contribution >= 4 is 0 Å². The standard InChI is InChI=1S/C39H27N3/c1-2-8-28(9-3-1)34-19-35(21-37(20-34)31-12-5-15-40-25-31)29-10-4-11-30(18-29)36-22-38(32-13-6-16-41-26-32)24-39(23-36)33-14-7-17-42-27-33/h1-27H. The Labute approximate surface area is 245 Å². The molecule has 0 unspecified atom stereocenters. The van der Waals surface area contributed by atoms with Gasteiger partial charge in [-0.25, -0.2) is 0 Å². The highest BCUT2D eigenvalue weighted by Crippen LogP contribution is 2.36. The van der Waals surface area contributed by atoms with Gasteiger partial charge in [0.1, 0.15) is 0 Å². The number of aromatic nitrogens is 3. The number of hydrogen-bond acceptors (Lipinski definition) is 3. The average molecular weight is 538 g/mol. The lowest BCUT2D eigenvalue weighted by Crippen LogP contribution is -1.89. The van der Waals surface area contributed by atoms with Crippen LogP contribution in [0.25, 0.3) is 66.8 Å². The van der Waals surface area contributed by atoms with Crippen molar-refractivity contribution in [1.82, 2.24) is 15.0 Å². The molecule has 0 aliphatic rings. The summed E-state index contributed by atoms with van der Waals surface area (Å²) >= 11 is 0. The summed E-state index contributed by atoms with van der Waals surface area (Å²) < 4.78 is 0. The van der Waals surface area contributed by atoms with E-state index in [4.69, 9.17) is 0 Å². The summed E-state index contributed by atoms with van der Waals surface area (Å²) in [6.45, 7) is 0. The minimum Gasteiger partial charge on any atom is -0.264 e. The third-order valence-corrected chi connectivity index (χ3v) is 7.49. The molecule has 198 valence electrons. The normalized spacial score (nSPS) is 10.9. The molecule has 0 atom stereocenters. The van der Waals surface area contributed by atoms with E-state index < -0.39 is 0 Å². The molecule has 0 spiro atoms. The second-order valence-corrected chi connectivity index (χ2v) is 10.3. The quantitative estimate of drug-likeness (QED) is 0.212. The van der Waals surface area contributed by atoms with Crippen LogP contribution in [0.1, 0.15) is 0 Å². The van der Waals surface area contributed by atoms with Crippen molar-refractivity contribution in [3.63, 3.8) is 0 Å². The predicted octanol–water partition coefficient (Wildman–Crippen LogP) is 9.87. The number of pyridine rings is 3. The molecule has 0 saturated carbocycles. The van der Waals surface area contributed by atoms with Gasteiger partial charge in [0.05, 0.1) is 0 Å². The topological polar surface area (TPSA) is 38.7 Å². The van der Waals surface area contributed by atoms with Crippen molar-refractivity contribution in [2.75, 3.05) is 0 Å². The molecule has 3 aromatic heterocycles. The van der Waals surface area contributed by atoms with Crippen LogP contribution in [0, 0.1) is 0 Å². The molecule has 0 N–H and O–H groups in total. The summed E-state index contributed by atoms with van der Waals surface area (Å²) in [6.07, 6.45) is 11.2. The Kier molecular flexibility index (Phi) is 6.89. The highest BCUT2D eigenvalue weighted by atomic mass is 14.6. The molecule has 0 saturated heterocycles. The van der Waals surface area contributed by atoms with E-state index in [-0.39, 0.29) is 0 Å². The van der Waals surface area contributed by atoms with Crippen LogP contribution in [0.15, 0.2) is 165 Å². The van der Waals surface area contributed by atoms with Crippen LogP contribution in [0.5, 0.6) is 0 Å². The Balaban J connectivity index is 1.37. The van der Waals surface area contributed by atoms with Crippen molar-refractivity contribution in [1.29, 1.82) is 0 Å². The minimum absolute atomic E-state index is 1.08. The molecule has 7 aromatic rings. The van der Waals surface area contributed by atoms with Gasteiger partial charge in [-0.05, 0) is 111 Å². The largest absolute Gasteiger partial charge is 0.264 e. The number of hydrogen-bond donors (Lipinski definition) is 0. The summed E-state index contributed by atoms with van der Waals surface area (Å²) in [6, 6.07) is 45.1. The second kappa shape index (κ2) is 11.4. The molecule has 0 bridgehead atoms. The molecule has 42 heavy (non-hydrogen) atoms. The molecule has 0 amide bonds. The van der Waals surface area contributed by atoms with E-state index in [1.54, 1.807) is 0 Å². The molecule has 0 aliphatic carbocycles. The van der Waals surface area contributed by atoms with E-state index in [9.17, 15) is 0 Å². The summed E-state index contributed by atoms with van der Waals surface area (Å²) in [5, 5.41) is 0. The van der Waals surface area contributed by atoms with Crippen LogP contribution in [-0.2, 0) is 0 Å². The lowest BCUT2D eigenvalue weighted by atomic mass is 9.91. The van der Waals surface area contributed by atoms with Crippen LogP contribution >= 0.6 is 0 Å². The van der Waals surface area contributed by atoms with Gasteiger partial charge < -0.3 is 0 Å². The van der Waals surface area contributed by atoms with E-state index in [2.05, 4.69) is 124 Å². The molecular weight excluding hydrogens is 510 g/mol. The smallest absolute Gasteiger partial charge is 0.0346 e. The van der Waals surface area contributed by atoms with Gasteiger partial charge in [0.2, 0.25) is 0 Å². The van der Waals surface area contributed by atoms with Gasteiger partial charge in [-0.3, -0.25) is 15.0 Å². The minimum atomic E-state index is 1.08. The van der Waals surface area contributed by atoms with Crippen molar-refractivity contribution in [2.24, 2.45) is 0 Å². The van der Waals surface area contributed by atoms with Crippen molar-refractivity contribution in [3.8, 4) is 66.8 Å². The zero-order valence-corrected chi connectivity index (χ0v) is 22.9. The summed E-state index contributed by atoms with van der Waals surface area (Å²) in [4.78, 5) is 13.1. The Bertz CT molecular complexity index is 1700. The van der Waals surface area contributed by atoms with Gasteiger partial charge in [-0.2, -0.15) is 0 Å². The van der Waals surface area contributed by atoms with Crippen LogP contribution in [0.3, 0.4) is 0 Å². The Morgan fingerprint density at radius 1 is 0.238 bits per heavy atom. The maximum absolute atomic E-state index is 4.38. The zero-order valence-electron chi connectivity index (χ0n) is 22.9. The third kappa shape index (κ3) is 5.36. The summed E-state index contributed by atoms with van der Waals surface area (Å²) in [5.41, 5.74) is 13.6. The first-order valence-electron chi connectivity index (χ1n) is 14.0. The predicted molar refractivity (Wildman–Crippen MR) is 172 cm³/mol. The molecule has 7 rings (SSSR count). The number of benzene rings is 4. The number of nitrogens with zero attached hydrogens (tertiary/aromatic N) is 3. The fourth-order valence-electron chi connectivity index (χ4n) is 5.36. The summed E-state index contributed by atoms with van der Waals surface area (Å²) in [7, 11) is 0. The lowest BCUT2D eigenvalue weighted by molar-refractivity contribution is 1.32. The summed E-state index contributed by atoms with van der Waals surface area (Å²) in [5.74, 6) is 0. The van der Waals surface area contributed by atoms with Crippen molar-refractivity contribution < 1.29 is 0 Å². The fraction of sp³-hybridized carbons (Fsp3) is 0. The first-order chi connectivity index (χ1) is 20.8. The SMILES string of the molecule is c1ccc(-c2cc(-c3cccnc3)cc(-c3cccc(-c4cc(-c5cccnc5)cc(-c5cccnc5)c4)c3)c2)cc1.